The molecule has 1 saturated heterocycles. The molecule has 1 N–H and O–H groups in total. The van der Waals surface area contributed by atoms with E-state index >= 15 is 0 Å². The number of rotatable bonds is 7. The van der Waals surface area contributed by atoms with Gasteiger partial charge in [-0.15, -0.1) is 0 Å². The molecule has 0 spiro atoms. The van der Waals surface area contributed by atoms with E-state index < -0.39 is 0 Å². The zero-order valence-electron chi connectivity index (χ0n) is 9.64. The van der Waals surface area contributed by atoms with Gasteiger partial charge in [0.2, 0.25) is 0 Å². The molecule has 1 fully saturated rings. The Morgan fingerprint density at radius 3 is 2.64 bits per heavy atom. The summed E-state index contributed by atoms with van der Waals surface area (Å²) in [6.45, 7) is 12.0. The number of ether oxygens (including phenoxy) is 2. The van der Waals surface area contributed by atoms with Crippen LogP contribution in [0, 0.1) is 11.3 Å². The fraction of sp³-hybridized carbons (Fsp3) is 1.00. The predicted octanol–water partition coefficient (Wildman–Crippen LogP) is 1.29. The lowest BCUT2D eigenvalue weighted by molar-refractivity contribution is -0.0993. The Morgan fingerprint density at radius 1 is 1.43 bits per heavy atom. The molecule has 0 unspecified atom stereocenters. The highest BCUT2D eigenvalue weighted by Gasteiger charge is 2.32. The smallest absolute Gasteiger partial charge is 0.0591 e. The summed E-state index contributed by atoms with van der Waals surface area (Å²) in [6, 6.07) is 0. The molecule has 14 heavy (non-hydrogen) atoms. The van der Waals surface area contributed by atoms with Crippen LogP contribution in [0.25, 0.3) is 0 Å². The average Bonchev–Trinajstić information content (AvgIpc) is 2.07. The van der Waals surface area contributed by atoms with Crippen molar-refractivity contribution in [1.29, 1.82) is 0 Å². The van der Waals surface area contributed by atoms with E-state index in [0.717, 1.165) is 39.5 Å². The zero-order valence-corrected chi connectivity index (χ0v) is 9.64. The highest BCUT2D eigenvalue weighted by Crippen LogP contribution is 2.24. The molecule has 0 aliphatic carbocycles. The van der Waals surface area contributed by atoms with E-state index in [2.05, 4.69) is 26.1 Å². The fourth-order valence-corrected chi connectivity index (χ4v) is 1.41. The Kier molecular flexibility index (Phi) is 4.85. The van der Waals surface area contributed by atoms with Gasteiger partial charge in [0.1, 0.15) is 0 Å². The summed E-state index contributed by atoms with van der Waals surface area (Å²) in [7, 11) is 0. The van der Waals surface area contributed by atoms with E-state index in [1.54, 1.807) is 0 Å². The van der Waals surface area contributed by atoms with Crippen molar-refractivity contribution in [2.75, 3.05) is 39.5 Å². The first-order chi connectivity index (χ1) is 6.62. The van der Waals surface area contributed by atoms with Crippen molar-refractivity contribution in [3.05, 3.63) is 0 Å². The third-order valence-electron chi connectivity index (χ3n) is 2.33. The minimum absolute atomic E-state index is 0.373. The molecule has 0 radical (unpaired) electrons. The first kappa shape index (κ1) is 12.0. The summed E-state index contributed by atoms with van der Waals surface area (Å²) in [5.41, 5.74) is 0.373. The van der Waals surface area contributed by atoms with E-state index in [1.165, 1.54) is 0 Å². The van der Waals surface area contributed by atoms with Crippen LogP contribution in [0.4, 0.5) is 0 Å². The molecule has 0 aromatic heterocycles. The number of hydrogen-bond donors (Lipinski definition) is 1. The zero-order chi connectivity index (χ0) is 10.4. The fourth-order valence-electron chi connectivity index (χ4n) is 1.41. The van der Waals surface area contributed by atoms with Gasteiger partial charge in [0, 0.05) is 25.1 Å². The lowest BCUT2D eigenvalue weighted by Crippen LogP contribution is -2.47. The second-order valence-corrected chi connectivity index (χ2v) is 4.95. The summed E-state index contributed by atoms with van der Waals surface area (Å²) in [4.78, 5) is 0. The van der Waals surface area contributed by atoms with Crippen molar-refractivity contribution in [1.82, 2.24) is 5.32 Å². The molecule has 0 aromatic carbocycles. The Labute approximate surface area is 87.2 Å². The minimum Gasteiger partial charge on any atom is -0.380 e. The van der Waals surface area contributed by atoms with Gasteiger partial charge >= 0.3 is 0 Å². The summed E-state index contributed by atoms with van der Waals surface area (Å²) >= 11 is 0. The molecule has 1 aliphatic rings. The number of hydrogen-bond acceptors (Lipinski definition) is 3. The van der Waals surface area contributed by atoms with E-state index in [1.807, 2.05) is 0 Å². The van der Waals surface area contributed by atoms with Gasteiger partial charge in [-0.1, -0.05) is 20.8 Å². The van der Waals surface area contributed by atoms with Gasteiger partial charge in [0.05, 0.1) is 19.8 Å². The molecule has 0 aromatic rings. The van der Waals surface area contributed by atoms with Crippen molar-refractivity contribution in [3.8, 4) is 0 Å². The third kappa shape index (κ3) is 4.40. The van der Waals surface area contributed by atoms with Gasteiger partial charge in [0.15, 0.2) is 0 Å². The van der Waals surface area contributed by atoms with Crippen LogP contribution in [-0.2, 0) is 9.47 Å². The van der Waals surface area contributed by atoms with Crippen molar-refractivity contribution in [2.24, 2.45) is 11.3 Å². The maximum Gasteiger partial charge on any atom is 0.0591 e. The quantitative estimate of drug-likeness (QED) is 0.630. The molecule has 3 heteroatoms. The number of nitrogens with one attached hydrogen (secondary N) is 1. The van der Waals surface area contributed by atoms with Gasteiger partial charge < -0.3 is 14.8 Å². The van der Waals surface area contributed by atoms with Crippen LogP contribution < -0.4 is 5.32 Å². The van der Waals surface area contributed by atoms with Crippen molar-refractivity contribution < 1.29 is 9.47 Å². The molecular weight excluding hydrogens is 178 g/mol. The van der Waals surface area contributed by atoms with Gasteiger partial charge in [-0.05, 0) is 5.92 Å². The molecule has 0 amide bonds. The molecule has 0 saturated carbocycles. The van der Waals surface area contributed by atoms with Crippen LogP contribution in [0.5, 0.6) is 0 Å². The van der Waals surface area contributed by atoms with Crippen LogP contribution in [-0.4, -0.2) is 39.5 Å². The summed E-state index contributed by atoms with van der Waals surface area (Å²) in [5, 5.41) is 3.40. The first-order valence-electron chi connectivity index (χ1n) is 5.49. The second kappa shape index (κ2) is 5.69. The summed E-state index contributed by atoms with van der Waals surface area (Å²) < 4.78 is 10.6. The van der Waals surface area contributed by atoms with Crippen LogP contribution in [0.15, 0.2) is 0 Å². The third-order valence-corrected chi connectivity index (χ3v) is 2.33. The molecule has 1 rings (SSSR count). The second-order valence-electron chi connectivity index (χ2n) is 4.95. The standard InChI is InChI=1S/C11H23NO2/c1-10(2)6-13-5-4-12-7-11(3)8-14-9-11/h10,12H,4-9H2,1-3H3. The summed E-state index contributed by atoms with van der Waals surface area (Å²) in [6.07, 6.45) is 0. The average molecular weight is 201 g/mol. The highest BCUT2D eigenvalue weighted by atomic mass is 16.5. The van der Waals surface area contributed by atoms with E-state index in [-0.39, 0.29) is 0 Å². The minimum atomic E-state index is 0.373. The van der Waals surface area contributed by atoms with Gasteiger partial charge in [-0.25, -0.2) is 0 Å². The normalized spacial score (nSPS) is 19.7. The lowest BCUT2D eigenvalue weighted by atomic mass is 9.89. The Bertz CT molecular complexity index is 155. The SMILES string of the molecule is CC(C)COCCNCC1(C)COC1. The molecule has 1 aliphatic heterocycles. The predicted molar refractivity (Wildman–Crippen MR) is 57.5 cm³/mol. The van der Waals surface area contributed by atoms with E-state index in [9.17, 15) is 0 Å². The molecule has 1 heterocycles. The van der Waals surface area contributed by atoms with Crippen LogP contribution in [0.1, 0.15) is 20.8 Å². The van der Waals surface area contributed by atoms with Gasteiger partial charge in [-0.2, -0.15) is 0 Å². The van der Waals surface area contributed by atoms with E-state index in [0.29, 0.717) is 11.3 Å². The van der Waals surface area contributed by atoms with E-state index in [4.69, 9.17) is 9.47 Å². The van der Waals surface area contributed by atoms with Gasteiger partial charge in [0.25, 0.3) is 0 Å². The van der Waals surface area contributed by atoms with Crippen molar-refractivity contribution in [2.45, 2.75) is 20.8 Å². The maximum atomic E-state index is 5.47. The van der Waals surface area contributed by atoms with Gasteiger partial charge in [-0.3, -0.25) is 0 Å². The topological polar surface area (TPSA) is 30.5 Å². The van der Waals surface area contributed by atoms with Crippen molar-refractivity contribution >= 4 is 0 Å². The van der Waals surface area contributed by atoms with Crippen LogP contribution in [0.3, 0.4) is 0 Å². The lowest BCUT2D eigenvalue weighted by Gasteiger charge is -2.38. The molecular formula is C11H23NO2. The molecule has 3 nitrogen and oxygen atoms in total. The molecule has 0 bridgehead atoms. The highest BCUT2D eigenvalue weighted by molar-refractivity contribution is 4.82. The summed E-state index contributed by atoms with van der Waals surface area (Å²) in [5.74, 6) is 0.632. The monoisotopic (exact) mass is 201 g/mol. The first-order valence-corrected chi connectivity index (χ1v) is 5.49. The van der Waals surface area contributed by atoms with Crippen LogP contribution in [0.2, 0.25) is 0 Å². The Morgan fingerprint density at radius 2 is 2.14 bits per heavy atom. The van der Waals surface area contributed by atoms with Crippen molar-refractivity contribution in [3.63, 3.8) is 0 Å². The Balaban J connectivity index is 1.84. The Hall–Kier alpha value is -0.120. The molecule has 84 valence electrons. The maximum absolute atomic E-state index is 5.47. The van der Waals surface area contributed by atoms with Crippen LogP contribution >= 0.6 is 0 Å². The largest absolute Gasteiger partial charge is 0.380 e. The molecule has 0 atom stereocenters.